The number of hydrogen-bond acceptors (Lipinski definition) is 2. The Hall–Kier alpha value is -1.98. The molecule has 2 rings (SSSR count). The Balaban J connectivity index is 2.34. The average molecular weight is 286 g/mol. The largest absolute Gasteiger partial charge is 0.456 e. The second-order valence-electron chi connectivity index (χ2n) is 5.00. The van der Waals surface area contributed by atoms with Gasteiger partial charge in [-0.05, 0) is 48.2 Å². The molecule has 3 heteroatoms. The van der Waals surface area contributed by atoms with Gasteiger partial charge in [-0.1, -0.05) is 37.6 Å². The van der Waals surface area contributed by atoms with Crippen molar-refractivity contribution in [2.45, 2.75) is 26.7 Å². The Morgan fingerprint density at radius 1 is 1.20 bits per heavy atom. The minimum atomic E-state index is 0.361. The van der Waals surface area contributed by atoms with Gasteiger partial charge in [-0.2, -0.15) is 5.26 Å². The van der Waals surface area contributed by atoms with Crippen molar-refractivity contribution in [3.8, 4) is 17.6 Å². The van der Waals surface area contributed by atoms with Crippen LogP contribution in [0.1, 0.15) is 36.5 Å². The molecule has 20 heavy (non-hydrogen) atoms. The molecule has 0 aliphatic rings. The summed E-state index contributed by atoms with van der Waals surface area (Å²) < 4.78 is 5.79. The molecule has 0 radical (unpaired) electrons. The summed E-state index contributed by atoms with van der Waals surface area (Å²) in [4.78, 5) is 0. The molecule has 0 fully saturated rings. The number of halogens is 1. The molecule has 0 saturated carbocycles. The van der Waals surface area contributed by atoms with Gasteiger partial charge in [0.1, 0.15) is 23.1 Å². The van der Waals surface area contributed by atoms with Crippen molar-refractivity contribution in [1.82, 2.24) is 0 Å². The van der Waals surface area contributed by atoms with Crippen molar-refractivity contribution in [3.05, 3.63) is 58.1 Å². The number of aryl methyl sites for hydroxylation is 1. The zero-order valence-electron chi connectivity index (χ0n) is 11.8. The molecule has 0 saturated heterocycles. The smallest absolute Gasteiger partial charge is 0.146 e. The first-order chi connectivity index (χ1) is 9.52. The molecular formula is C17H16ClNO. The predicted molar refractivity (Wildman–Crippen MR) is 81.5 cm³/mol. The van der Waals surface area contributed by atoms with Crippen LogP contribution in [-0.4, -0.2) is 0 Å². The van der Waals surface area contributed by atoms with Gasteiger partial charge < -0.3 is 4.74 Å². The molecular weight excluding hydrogens is 270 g/mol. The van der Waals surface area contributed by atoms with Gasteiger partial charge in [-0.15, -0.1) is 0 Å². The van der Waals surface area contributed by atoms with E-state index >= 15 is 0 Å². The lowest BCUT2D eigenvalue weighted by Crippen LogP contribution is -1.94. The molecule has 0 aliphatic carbocycles. The minimum Gasteiger partial charge on any atom is -0.456 e. The molecule has 102 valence electrons. The summed E-state index contributed by atoms with van der Waals surface area (Å²) in [6.07, 6.45) is 0. The highest BCUT2D eigenvalue weighted by Gasteiger charge is 2.10. The molecule has 0 aromatic heterocycles. The number of rotatable bonds is 3. The highest BCUT2D eigenvalue weighted by atomic mass is 35.5. The summed E-state index contributed by atoms with van der Waals surface area (Å²) in [7, 11) is 0. The second-order valence-corrected chi connectivity index (χ2v) is 5.41. The van der Waals surface area contributed by atoms with E-state index in [4.69, 9.17) is 21.6 Å². The summed E-state index contributed by atoms with van der Waals surface area (Å²) in [5.74, 6) is 1.67. The maximum absolute atomic E-state index is 9.13. The lowest BCUT2D eigenvalue weighted by Gasteiger charge is -2.13. The van der Waals surface area contributed by atoms with Crippen molar-refractivity contribution in [2.75, 3.05) is 0 Å². The van der Waals surface area contributed by atoms with Crippen molar-refractivity contribution >= 4 is 11.6 Å². The van der Waals surface area contributed by atoms with E-state index in [2.05, 4.69) is 32.9 Å². The van der Waals surface area contributed by atoms with Crippen LogP contribution in [0.4, 0.5) is 0 Å². The summed E-state index contributed by atoms with van der Waals surface area (Å²) in [5.41, 5.74) is 2.83. The van der Waals surface area contributed by atoms with Gasteiger partial charge in [0.05, 0.1) is 5.02 Å². The summed E-state index contributed by atoms with van der Waals surface area (Å²) >= 11 is 5.99. The topological polar surface area (TPSA) is 33.0 Å². The minimum absolute atomic E-state index is 0.361. The Bertz CT molecular complexity index is 671. The van der Waals surface area contributed by atoms with Crippen LogP contribution in [0, 0.1) is 18.3 Å². The Labute approximate surface area is 124 Å². The highest BCUT2D eigenvalue weighted by Crippen LogP contribution is 2.31. The molecule has 2 aromatic carbocycles. The molecule has 2 aromatic rings. The van der Waals surface area contributed by atoms with Gasteiger partial charge in [0.15, 0.2) is 0 Å². The van der Waals surface area contributed by atoms with E-state index in [0.29, 0.717) is 28.0 Å². The normalized spacial score (nSPS) is 10.4. The number of ether oxygens (including phenoxy) is 1. The van der Waals surface area contributed by atoms with Crippen LogP contribution in [0.3, 0.4) is 0 Å². The molecule has 2 nitrogen and oxygen atoms in total. The van der Waals surface area contributed by atoms with Gasteiger partial charge in [-0.3, -0.25) is 0 Å². The van der Waals surface area contributed by atoms with Crippen LogP contribution >= 0.6 is 11.6 Å². The van der Waals surface area contributed by atoms with Crippen LogP contribution in [0.5, 0.6) is 11.5 Å². The van der Waals surface area contributed by atoms with Crippen LogP contribution in [-0.2, 0) is 0 Å². The fraction of sp³-hybridized carbons (Fsp3) is 0.235. The molecule has 0 amide bonds. The molecule has 0 N–H and O–H groups in total. The predicted octanol–water partition coefficient (Wildman–Crippen LogP) is 5.44. The lowest BCUT2D eigenvalue weighted by atomic mass is 9.98. The third kappa shape index (κ3) is 2.95. The maximum Gasteiger partial charge on any atom is 0.146 e. The van der Waals surface area contributed by atoms with E-state index in [1.54, 1.807) is 18.2 Å². The van der Waals surface area contributed by atoms with Crippen molar-refractivity contribution < 1.29 is 4.74 Å². The Kier molecular flexibility index (Phi) is 4.32. The summed E-state index contributed by atoms with van der Waals surface area (Å²) in [5, 5.41) is 9.54. The average Bonchev–Trinajstić information content (AvgIpc) is 2.38. The van der Waals surface area contributed by atoms with E-state index in [1.165, 1.54) is 11.1 Å². The number of hydrogen-bond donors (Lipinski definition) is 0. The maximum atomic E-state index is 9.13. The van der Waals surface area contributed by atoms with E-state index in [1.807, 2.05) is 12.1 Å². The zero-order chi connectivity index (χ0) is 14.7. The van der Waals surface area contributed by atoms with Gasteiger partial charge in [-0.25, -0.2) is 0 Å². The van der Waals surface area contributed by atoms with Gasteiger partial charge in [0.25, 0.3) is 0 Å². The number of benzene rings is 2. The van der Waals surface area contributed by atoms with Gasteiger partial charge in [0.2, 0.25) is 0 Å². The van der Waals surface area contributed by atoms with Crippen molar-refractivity contribution in [3.63, 3.8) is 0 Å². The standard InChI is InChI=1S/C17H16ClNO/c1-11(2)14-8-7-13(9-12(14)3)20-17-6-4-5-16(18)15(17)10-19/h4-9,11H,1-3H3. The van der Waals surface area contributed by atoms with E-state index in [0.717, 1.165) is 0 Å². The summed E-state index contributed by atoms with van der Waals surface area (Å²) in [6.45, 7) is 6.38. The molecule has 0 spiro atoms. The van der Waals surface area contributed by atoms with Crippen LogP contribution < -0.4 is 4.74 Å². The lowest BCUT2D eigenvalue weighted by molar-refractivity contribution is 0.480. The summed E-state index contributed by atoms with van der Waals surface area (Å²) in [6, 6.07) is 13.2. The third-order valence-electron chi connectivity index (χ3n) is 3.18. The quantitative estimate of drug-likeness (QED) is 0.752. The van der Waals surface area contributed by atoms with Gasteiger partial charge >= 0.3 is 0 Å². The fourth-order valence-corrected chi connectivity index (χ4v) is 2.39. The Morgan fingerprint density at radius 2 is 1.95 bits per heavy atom. The second kappa shape index (κ2) is 5.98. The number of nitriles is 1. The molecule has 0 unspecified atom stereocenters. The molecule has 0 aliphatic heterocycles. The van der Waals surface area contributed by atoms with Crippen molar-refractivity contribution in [2.24, 2.45) is 0 Å². The number of nitrogens with zero attached hydrogens (tertiary/aromatic N) is 1. The van der Waals surface area contributed by atoms with Crippen LogP contribution in [0.15, 0.2) is 36.4 Å². The van der Waals surface area contributed by atoms with Crippen LogP contribution in [0.2, 0.25) is 5.02 Å². The highest BCUT2D eigenvalue weighted by molar-refractivity contribution is 6.31. The first-order valence-corrected chi connectivity index (χ1v) is 6.87. The fourth-order valence-electron chi connectivity index (χ4n) is 2.18. The monoisotopic (exact) mass is 285 g/mol. The first kappa shape index (κ1) is 14.4. The van der Waals surface area contributed by atoms with Gasteiger partial charge in [0, 0.05) is 0 Å². The molecule has 0 bridgehead atoms. The van der Waals surface area contributed by atoms with E-state index in [9.17, 15) is 0 Å². The van der Waals surface area contributed by atoms with E-state index < -0.39 is 0 Å². The molecule has 0 atom stereocenters. The zero-order valence-corrected chi connectivity index (χ0v) is 12.5. The Morgan fingerprint density at radius 3 is 2.55 bits per heavy atom. The molecule has 0 heterocycles. The first-order valence-electron chi connectivity index (χ1n) is 6.50. The third-order valence-corrected chi connectivity index (χ3v) is 3.49. The van der Waals surface area contributed by atoms with E-state index in [-0.39, 0.29) is 0 Å². The van der Waals surface area contributed by atoms with Crippen molar-refractivity contribution in [1.29, 1.82) is 5.26 Å². The van der Waals surface area contributed by atoms with Crippen LogP contribution in [0.25, 0.3) is 0 Å². The SMILES string of the molecule is Cc1cc(Oc2cccc(Cl)c2C#N)ccc1C(C)C.